The second-order valence-corrected chi connectivity index (χ2v) is 3.14. The lowest BCUT2D eigenvalue weighted by molar-refractivity contribution is 0.602. The molecule has 0 saturated carbocycles. The van der Waals surface area contributed by atoms with E-state index in [-0.39, 0.29) is 5.69 Å². The first-order chi connectivity index (χ1) is 5.11. The molecule has 60 valence electrons. The Bertz CT molecular complexity index is 263. The molecule has 1 nitrogen and oxygen atoms in total. The summed E-state index contributed by atoms with van der Waals surface area (Å²) in [5.41, 5.74) is 0.185. The maximum absolute atomic E-state index is 12.8. The first kappa shape index (κ1) is 8.46. The standard InChI is InChI=1S/C7H6BrF2N/c1-11(8)7-4-5(9)2-3-6(7)10/h2-4H,1H3. The zero-order chi connectivity index (χ0) is 8.43. The van der Waals surface area contributed by atoms with Crippen molar-refractivity contribution in [3.05, 3.63) is 29.8 Å². The molecule has 0 spiro atoms. The number of benzene rings is 1. The molecule has 0 aliphatic rings. The van der Waals surface area contributed by atoms with Crippen LogP contribution >= 0.6 is 16.1 Å². The number of hydrogen-bond acceptors (Lipinski definition) is 1. The molecule has 4 heteroatoms. The van der Waals surface area contributed by atoms with Crippen LogP contribution < -0.4 is 3.93 Å². The van der Waals surface area contributed by atoms with Crippen LogP contribution in [0.5, 0.6) is 0 Å². The second kappa shape index (κ2) is 3.17. The van der Waals surface area contributed by atoms with Crippen LogP contribution in [0, 0.1) is 11.6 Å². The molecule has 0 aliphatic carbocycles. The highest BCUT2D eigenvalue weighted by molar-refractivity contribution is 9.10. The third-order valence-electron chi connectivity index (χ3n) is 1.24. The van der Waals surface area contributed by atoms with Crippen molar-refractivity contribution in [3.63, 3.8) is 0 Å². The first-order valence-electron chi connectivity index (χ1n) is 2.96. The summed E-state index contributed by atoms with van der Waals surface area (Å²) in [5.74, 6) is -0.904. The SMILES string of the molecule is CN(Br)c1cc(F)ccc1F. The highest BCUT2D eigenvalue weighted by atomic mass is 79.9. The minimum atomic E-state index is -0.453. The summed E-state index contributed by atoms with van der Waals surface area (Å²) in [6, 6.07) is 3.28. The number of hydrogen-bond donors (Lipinski definition) is 0. The van der Waals surface area contributed by atoms with Gasteiger partial charge in [-0.15, -0.1) is 0 Å². The molecule has 0 N–H and O–H groups in total. The Labute approximate surface area is 72.0 Å². The van der Waals surface area contributed by atoms with Crippen LogP contribution in [0.1, 0.15) is 0 Å². The molecule has 0 saturated heterocycles. The number of anilines is 1. The van der Waals surface area contributed by atoms with Gasteiger partial charge in [0.1, 0.15) is 11.6 Å². The van der Waals surface area contributed by atoms with E-state index >= 15 is 0 Å². The molecule has 1 rings (SSSR count). The van der Waals surface area contributed by atoms with E-state index < -0.39 is 11.6 Å². The van der Waals surface area contributed by atoms with Gasteiger partial charge in [0, 0.05) is 29.3 Å². The monoisotopic (exact) mass is 221 g/mol. The Balaban J connectivity index is 3.13. The first-order valence-corrected chi connectivity index (χ1v) is 3.67. The zero-order valence-corrected chi connectivity index (χ0v) is 7.40. The predicted octanol–water partition coefficient (Wildman–Crippen LogP) is 2.71. The summed E-state index contributed by atoms with van der Waals surface area (Å²) in [7, 11) is 1.58. The van der Waals surface area contributed by atoms with E-state index in [1.54, 1.807) is 7.05 Å². The van der Waals surface area contributed by atoms with E-state index in [1.807, 2.05) is 0 Å². The molecule has 11 heavy (non-hydrogen) atoms. The molecule has 0 amide bonds. The molecule has 0 bridgehead atoms. The van der Waals surface area contributed by atoms with Crippen molar-refractivity contribution in [1.29, 1.82) is 0 Å². The van der Waals surface area contributed by atoms with Crippen LogP contribution in [0.25, 0.3) is 0 Å². The summed E-state index contributed by atoms with van der Waals surface area (Å²) in [4.78, 5) is 0. The predicted molar refractivity (Wildman–Crippen MR) is 43.7 cm³/mol. The Morgan fingerprint density at radius 1 is 1.36 bits per heavy atom. The fourth-order valence-electron chi connectivity index (χ4n) is 0.722. The molecule has 0 aliphatic heterocycles. The molecule has 0 radical (unpaired) electrons. The summed E-state index contributed by atoms with van der Waals surface area (Å²) in [6.07, 6.45) is 0. The summed E-state index contributed by atoms with van der Waals surface area (Å²) < 4.78 is 26.6. The fourth-order valence-corrected chi connectivity index (χ4v) is 0.994. The lowest BCUT2D eigenvalue weighted by atomic mass is 10.3. The van der Waals surface area contributed by atoms with Gasteiger partial charge < -0.3 is 3.93 Å². The molecular formula is C7H6BrF2N. The lowest BCUT2D eigenvalue weighted by Crippen LogP contribution is -2.02. The molecule has 0 atom stereocenters. The number of rotatable bonds is 1. The number of nitrogens with zero attached hydrogens (tertiary/aromatic N) is 1. The van der Waals surface area contributed by atoms with Gasteiger partial charge in [0.15, 0.2) is 0 Å². The topological polar surface area (TPSA) is 3.24 Å². The van der Waals surface area contributed by atoms with Gasteiger partial charge in [0.05, 0.1) is 5.69 Å². The molecule has 1 aromatic carbocycles. The fraction of sp³-hybridized carbons (Fsp3) is 0.143. The Kier molecular flexibility index (Phi) is 2.44. The van der Waals surface area contributed by atoms with Crippen LogP contribution in [0.4, 0.5) is 14.5 Å². The van der Waals surface area contributed by atoms with Crippen LogP contribution in [0.15, 0.2) is 18.2 Å². The quantitative estimate of drug-likeness (QED) is 0.660. The average Bonchev–Trinajstić information content (AvgIpc) is 1.94. The van der Waals surface area contributed by atoms with Gasteiger partial charge in [-0.1, -0.05) is 0 Å². The van der Waals surface area contributed by atoms with E-state index in [0.29, 0.717) is 0 Å². The van der Waals surface area contributed by atoms with Gasteiger partial charge in [0.25, 0.3) is 0 Å². The van der Waals surface area contributed by atoms with Crippen molar-refractivity contribution >= 4 is 21.8 Å². The third-order valence-corrected chi connectivity index (χ3v) is 1.62. The lowest BCUT2D eigenvalue weighted by Gasteiger charge is -2.09. The van der Waals surface area contributed by atoms with Crippen molar-refractivity contribution in [1.82, 2.24) is 0 Å². The van der Waals surface area contributed by atoms with Crippen molar-refractivity contribution in [2.24, 2.45) is 0 Å². The Morgan fingerprint density at radius 3 is 2.45 bits per heavy atom. The smallest absolute Gasteiger partial charge is 0.147 e. The van der Waals surface area contributed by atoms with E-state index in [4.69, 9.17) is 0 Å². The van der Waals surface area contributed by atoms with Crippen LogP contribution in [0.3, 0.4) is 0 Å². The van der Waals surface area contributed by atoms with E-state index in [2.05, 4.69) is 16.1 Å². The van der Waals surface area contributed by atoms with Gasteiger partial charge in [-0.25, -0.2) is 8.78 Å². The highest BCUT2D eigenvalue weighted by Crippen LogP contribution is 2.20. The number of halogens is 3. The maximum atomic E-state index is 12.8. The van der Waals surface area contributed by atoms with Crippen molar-refractivity contribution in [3.8, 4) is 0 Å². The summed E-state index contributed by atoms with van der Waals surface area (Å²) in [6.45, 7) is 0. The van der Waals surface area contributed by atoms with Gasteiger partial charge in [-0.3, -0.25) is 0 Å². The summed E-state index contributed by atoms with van der Waals surface area (Å²) in [5, 5.41) is 0. The van der Waals surface area contributed by atoms with Crippen LogP contribution in [-0.4, -0.2) is 7.05 Å². The Morgan fingerprint density at radius 2 is 2.00 bits per heavy atom. The average molecular weight is 222 g/mol. The van der Waals surface area contributed by atoms with E-state index in [9.17, 15) is 8.78 Å². The van der Waals surface area contributed by atoms with Gasteiger partial charge >= 0.3 is 0 Å². The maximum Gasteiger partial charge on any atom is 0.147 e. The zero-order valence-electron chi connectivity index (χ0n) is 5.81. The highest BCUT2D eigenvalue weighted by Gasteiger charge is 2.05. The Hall–Kier alpha value is -0.640. The largest absolute Gasteiger partial charge is 0.309 e. The van der Waals surface area contributed by atoms with E-state index in [0.717, 1.165) is 18.2 Å². The molecule has 0 aromatic heterocycles. The van der Waals surface area contributed by atoms with Crippen molar-refractivity contribution < 1.29 is 8.78 Å². The van der Waals surface area contributed by atoms with Gasteiger partial charge in [0.2, 0.25) is 0 Å². The van der Waals surface area contributed by atoms with Crippen molar-refractivity contribution in [2.45, 2.75) is 0 Å². The minimum absolute atomic E-state index is 0.185. The molecule has 0 heterocycles. The molecule has 1 aromatic rings. The van der Waals surface area contributed by atoms with Crippen LogP contribution in [-0.2, 0) is 0 Å². The van der Waals surface area contributed by atoms with E-state index in [1.165, 1.54) is 3.93 Å². The normalized spacial score (nSPS) is 9.82. The summed E-state index contributed by atoms with van der Waals surface area (Å²) >= 11 is 2.99. The molecular weight excluding hydrogens is 216 g/mol. The third kappa shape index (κ3) is 1.89. The van der Waals surface area contributed by atoms with Gasteiger partial charge in [-0.05, 0) is 12.1 Å². The van der Waals surface area contributed by atoms with Crippen LogP contribution in [0.2, 0.25) is 0 Å². The molecule has 0 fully saturated rings. The van der Waals surface area contributed by atoms with Gasteiger partial charge in [-0.2, -0.15) is 0 Å². The second-order valence-electron chi connectivity index (χ2n) is 2.07. The minimum Gasteiger partial charge on any atom is -0.309 e. The van der Waals surface area contributed by atoms with Crippen molar-refractivity contribution in [2.75, 3.05) is 11.0 Å². The molecule has 0 unspecified atom stereocenters.